The van der Waals surface area contributed by atoms with E-state index in [1.807, 2.05) is 41.8 Å². The lowest BCUT2D eigenvalue weighted by Crippen LogP contribution is -2.25. The van der Waals surface area contributed by atoms with E-state index in [4.69, 9.17) is 4.84 Å². The predicted molar refractivity (Wildman–Crippen MR) is 119 cm³/mol. The molecular formula is C21H25N5O3S. The van der Waals surface area contributed by atoms with E-state index in [0.717, 1.165) is 28.9 Å². The summed E-state index contributed by atoms with van der Waals surface area (Å²) >= 11 is 1.54. The molecule has 0 aliphatic heterocycles. The van der Waals surface area contributed by atoms with Crippen molar-refractivity contribution in [3.8, 4) is 5.88 Å². The third-order valence-electron chi connectivity index (χ3n) is 4.68. The highest BCUT2D eigenvalue weighted by Gasteiger charge is 2.18. The minimum atomic E-state index is -0.585. The molecule has 0 saturated heterocycles. The van der Waals surface area contributed by atoms with Gasteiger partial charge in [-0.05, 0) is 37.5 Å². The van der Waals surface area contributed by atoms with E-state index in [1.165, 1.54) is 11.3 Å². The number of nitrogens with zero attached hydrogens (tertiary/aromatic N) is 5. The van der Waals surface area contributed by atoms with Crippen LogP contribution in [-0.2, 0) is 16.3 Å². The summed E-state index contributed by atoms with van der Waals surface area (Å²) in [5.74, 6) is -0.607. The summed E-state index contributed by atoms with van der Waals surface area (Å²) < 4.78 is 1.77. The Morgan fingerprint density at radius 2 is 1.97 bits per heavy atom. The van der Waals surface area contributed by atoms with Gasteiger partial charge in [-0.2, -0.15) is 0 Å². The van der Waals surface area contributed by atoms with Gasteiger partial charge in [0.15, 0.2) is 12.3 Å². The van der Waals surface area contributed by atoms with E-state index >= 15 is 0 Å². The molecule has 0 atom stereocenters. The number of oxime groups is 1. The molecule has 1 N–H and O–H groups in total. The highest BCUT2D eigenvalue weighted by molar-refractivity contribution is 7.12. The van der Waals surface area contributed by atoms with Gasteiger partial charge in [0, 0.05) is 5.39 Å². The van der Waals surface area contributed by atoms with Crippen molar-refractivity contribution in [1.29, 1.82) is 0 Å². The number of hydrogen-bond acceptors (Lipinski definition) is 7. The third-order valence-corrected chi connectivity index (χ3v) is 5.66. The first-order valence-electron chi connectivity index (χ1n) is 9.72. The van der Waals surface area contributed by atoms with Crippen molar-refractivity contribution >= 4 is 39.5 Å². The average molecular weight is 428 g/mol. The van der Waals surface area contributed by atoms with Crippen molar-refractivity contribution in [2.24, 2.45) is 15.4 Å². The fourth-order valence-corrected chi connectivity index (χ4v) is 3.65. The van der Waals surface area contributed by atoms with Crippen LogP contribution in [0.25, 0.3) is 10.9 Å². The Labute approximate surface area is 179 Å². The van der Waals surface area contributed by atoms with Crippen molar-refractivity contribution in [3.05, 3.63) is 46.7 Å². The maximum absolute atomic E-state index is 12.1. The Bertz CT molecular complexity index is 1050. The molecule has 0 bridgehead atoms. The molecule has 158 valence electrons. The van der Waals surface area contributed by atoms with Gasteiger partial charge in [-0.25, -0.2) is 0 Å². The quantitative estimate of drug-likeness (QED) is 0.303. The largest absolute Gasteiger partial charge is 0.493 e. The Morgan fingerprint density at radius 1 is 1.20 bits per heavy atom. The Kier molecular flexibility index (Phi) is 7.31. The van der Waals surface area contributed by atoms with Crippen molar-refractivity contribution < 1.29 is 14.7 Å². The molecule has 0 aliphatic carbocycles. The molecule has 3 rings (SSSR count). The zero-order valence-electron chi connectivity index (χ0n) is 17.3. The van der Waals surface area contributed by atoms with Crippen LogP contribution in [0.4, 0.5) is 5.69 Å². The van der Waals surface area contributed by atoms with Crippen molar-refractivity contribution in [2.75, 3.05) is 19.7 Å². The fraction of sp³-hybridized carbons (Fsp3) is 0.333. The summed E-state index contributed by atoms with van der Waals surface area (Å²) in [7, 11) is 0. The Hall–Kier alpha value is -3.04. The summed E-state index contributed by atoms with van der Waals surface area (Å²) in [6, 6.07) is 11.3. The maximum Gasteiger partial charge on any atom is 0.304 e. The second-order valence-electron chi connectivity index (χ2n) is 6.58. The van der Waals surface area contributed by atoms with Gasteiger partial charge < -0.3 is 9.94 Å². The summed E-state index contributed by atoms with van der Waals surface area (Å²) in [4.78, 5) is 20.3. The number of aromatic nitrogens is 1. The molecule has 2 heterocycles. The molecule has 0 saturated carbocycles. The van der Waals surface area contributed by atoms with E-state index in [-0.39, 0.29) is 18.2 Å². The topological polar surface area (TPSA) is 91.8 Å². The van der Waals surface area contributed by atoms with Gasteiger partial charge in [-0.1, -0.05) is 43.3 Å². The third kappa shape index (κ3) is 4.92. The number of para-hydroxylation sites is 1. The van der Waals surface area contributed by atoms with Crippen LogP contribution in [0.2, 0.25) is 0 Å². The number of carbonyl (C=O) groups excluding carboxylic acids is 1. The van der Waals surface area contributed by atoms with Crippen LogP contribution in [-0.4, -0.2) is 45.9 Å². The summed E-state index contributed by atoms with van der Waals surface area (Å²) in [5.41, 5.74) is 1.78. The van der Waals surface area contributed by atoms with Crippen LogP contribution < -0.4 is 0 Å². The van der Waals surface area contributed by atoms with Crippen molar-refractivity contribution in [1.82, 2.24) is 9.47 Å². The molecule has 0 fully saturated rings. The Balaban J connectivity index is 1.74. The number of rotatable bonds is 9. The van der Waals surface area contributed by atoms with Crippen LogP contribution in [0, 0.1) is 0 Å². The lowest BCUT2D eigenvalue weighted by molar-refractivity contribution is -0.122. The van der Waals surface area contributed by atoms with Gasteiger partial charge in [0.2, 0.25) is 5.88 Å². The number of fused-ring (bicyclic) bond motifs is 1. The second-order valence-corrected chi connectivity index (χ2v) is 7.53. The highest BCUT2D eigenvalue weighted by Crippen LogP contribution is 2.38. The number of amides is 1. The van der Waals surface area contributed by atoms with Crippen LogP contribution in [0.3, 0.4) is 0 Å². The van der Waals surface area contributed by atoms with Gasteiger partial charge in [0.25, 0.3) is 0 Å². The van der Waals surface area contributed by atoms with Gasteiger partial charge >= 0.3 is 5.91 Å². The fourth-order valence-electron chi connectivity index (χ4n) is 2.99. The summed E-state index contributed by atoms with van der Waals surface area (Å²) in [6.07, 6.45) is 0. The molecule has 0 radical (unpaired) electrons. The number of aromatic hydroxyl groups is 1. The molecule has 0 unspecified atom stereocenters. The summed E-state index contributed by atoms with van der Waals surface area (Å²) in [6.45, 7) is 7.82. The molecule has 1 aromatic carbocycles. The zero-order valence-corrected chi connectivity index (χ0v) is 18.1. The molecule has 3 aromatic rings. The molecule has 1 amide bonds. The minimum absolute atomic E-state index is 0.0212. The van der Waals surface area contributed by atoms with E-state index in [1.54, 1.807) is 11.5 Å². The molecule has 0 spiro atoms. The van der Waals surface area contributed by atoms with E-state index in [0.29, 0.717) is 12.4 Å². The first kappa shape index (κ1) is 21.7. The van der Waals surface area contributed by atoms with Crippen LogP contribution >= 0.6 is 11.3 Å². The number of carbonyl (C=O) groups is 1. The van der Waals surface area contributed by atoms with Crippen molar-refractivity contribution in [2.45, 2.75) is 27.4 Å². The average Bonchev–Trinajstić information content (AvgIpc) is 3.38. The first-order chi connectivity index (χ1) is 14.5. The summed E-state index contributed by atoms with van der Waals surface area (Å²) in [5, 5.41) is 25.1. The first-order valence-corrected chi connectivity index (χ1v) is 10.6. The van der Waals surface area contributed by atoms with Gasteiger partial charge in [0.05, 0.1) is 22.8 Å². The highest BCUT2D eigenvalue weighted by atomic mass is 32.1. The van der Waals surface area contributed by atoms with E-state index in [9.17, 15) is 9.90 Å². The predicted octanol–water partition coefficient (Wildman–Crippen LogP) is 4.76. The van der Waals surface area contributed by atoms with Gasteiger partial charge in [-0.3, -0.25) is 14.3 Å². The Morgan fingerprint density at radius 3 is 2.67 bits per heavy atom. The molecule has 30 heavy (non-hydrogen) atoms. The van der Waals surface area contributed by atoms with Crippen molar-refractivity contribution in [3.63, 3.8) is 0 Å². The standard InChI is InChI=1S/C21H25N5O3S/c1-4-25(5-2)14-26-17-10-7-6-9-16(17)20(21(26)28)23-22-19(27)13-29-24-15(3)18-11-8-12-30-18/h6-12,28H,4-5,13-14H2,1-3H3. The minimum Gasteiger partial charge on any atom is -0.493 e. The zero-order chi connectivity index (χ0) is 21.5. The van der Waals surface area contributed by atoms with Gasteiger partial charge in [-0.15, -0.1) is 21.6 Å². The lowest BCUT2D eigenvalue weighted by Gasteiger charge is -2.19. The van der Waals surface area contributed by atoms with Crippen LogP contribution in [0.15, 0.2) is 57.2 Å². The lowest BCUT2D eigenvalue weighted by atomic mass is 10.2. The van der Waals surface area contributed by atoms with Crippen LogP contribution in [0.5, 0.6) is 5.88 Å². The molecule has 2 aromatic heterocycles. The monoisotopic (exact) mass is 427 g/mol. The molecule has 0 aliphatic rings. The molecule has 9 heteroatoms. The smallest absolute Gasteiger partial charge is 0.304 e. The van der Waals surface area contributed by atoms with Gasteiger partial charge in [0.1, 0.15) is 0 Å². The molecule has 8 nitrogen and oxygen atoms in total. The second kappa shape index (κ2) is 10.1. The number of hydrogen-bond donors (Lipinski definition) is 1. The van der Waals surface area contributed by atoms with Crippen LogP contribution in [0.1, 0.15) is 25.6 Å². The molecular weight excluding hydrogens is 402 g/mol. The number of azo groups is 1. The number of thiophene rings is 1. The normalized spacial score (nSPS) is 12.3. The van der Waals surface area contributed by atoms with E-state index in [2.05, 4.69) is 34.1 Å². The SMILES string of the molecule is CCN(CC)Cn1c(O)c(N=NC(=O)CON=C(C)c2cccs2)c2ccccc21. The number of benzene rings is 1. The maximum atomic E-state index is 12.1. The van der Waals surface area contributed by atoms with E-state index < -0.39 is 5.91 Å².